The molecule has 0 aliphatic carbocycles. The first-order valence-corrected chi connectivity index (χ1v) is 17.3. The highest BCUT2D eigenvalue weighted by Gasteiger charge is 2.35. The Balaban J connectivity index is 1.82. The Labute approximate surface area is 282 Å². The largest absolute Gasteiger partial charge is 0.354 e. The maximum atomic E-state index is 14.6. The highest BCUT2D eigenvalue weighted by molar-refractivity contribution is 7.92. The van der Waals surface area contributed by atoms with Gasteiger partial charge in [-0.3, -0.25) is 13.9 Å². The molecular weight excluding hydrogens is 641 g/mol. The Hall–Kier alpha value is -3.85. The molecule has 1 unspecified atom stereocenters. The lowest BCUT2D eigenvalue weighted by atomic mass is 10.0. The number of nitrogens with zero attached hydrogens (tertiary/aromatic N) is 2. The third-order valence-corrected chi connectivity index (χ3v) is 9.82. The lowest BCUT2D eigenvalue weighted by molar-refractivity contribution is -0.140. The fraction of sp³-hybridized carbons (Fsp3) is 0.278. The molecule has 4 rings (SSSR count). The van der Waals surface area contributed by atoms with E-state index in [2.05, 4.69) is 5.32 Å². The summed E-state index contributed by atoms with van der Waals surface area (Å²) in [6.07, 6.45) is 0.227. The fourth-order valence-electron chi connectivity index (χ4n) is 4.89. The van der Waals surface area contributed by atoms with E-state index in [9.17, 15) is 18.0 Å². The van der Waals surface area contributed by atoms with Crippen LogP contribution in [0.4, 0.5) is 5.69 Å². The number of carbonyl (C=O) groups is 2. The highest BCUT2D eigenvalue weighted by Crippen LogP contribution is 2.33. The third-order valence-electron chi connectivity index (χ3n) is 7.49. The molecule has 0 spiro atoms. The molecule has 0 heterocycles. The SMILES string of the molecule is Cc1ccc(CN(C(=O)CN(c2cc(Cl)ccc2Cl)S(=O)(=O)c2ccc(C)cc2)C(Cc2ccccc2)C(=O)NCC(C)C)cc1. The second-order valence-electron chi connectivity index (χ2n) is 11.8. The van der Waals surface area contributed by atoms with Gasteiger partial charge in [-0.15, -0.1) is 0 Å². The van der Waals surface area contributed by atoms with E-state index in [0.29, 0.717) is 6.54 Å². The van der Waals surface area contributed by atoms with E-state index in [0.717, 1.165) is 26.6 Å². The van der Waals surface area contributed by atoms with E-state index < -0.39 is 28.5 Å². The maximum absolute atomic E-state index is 14.6. The maximum Gasteiger partial charge on any atom is 0.264 e. The van der Waals surface area contributed by atoms with Crippen LogP contribution in [0.5, 0.6) is 0 Å². The molecular formula is C36H39Cl2N3O4S. The fourth-order valence-corrected chi connectivity index (χ4v) is 6.76. The monoisotopic (exact) mass is 679 g/mol. The zero-order chi connectivity index (χ0) is 33.4. The number of amides is 2. The smallest absolute Gasteiger partial charge is 0.264 e. The number of carbonyl (C=O) groups excluding carboxylic acids is 2. The van der Waals surface area contributed by atoms with Gasteiger partial charge in [-0.25, -0.2) is 8.42 Å². The van der Waals surface area contributed by atoms with Crippen LogP contribution in [-0.4, -0.2) is 44.3 Å². The van der Waals surface area contributed by atoms with Crippen LogP contribution in [0, 0.1) is 19.8 Å². The second-order valence-corrected chi connectivity index (χ2v) is 14.5. The lowest BCUT2D eigenvalue weighted by Gasteiger charge is -2.34. The van der Waals surface area contributed by atoms with Gasteiger partial charge >= 0.3 is 0 Å². The summed E-state index contributed by atoms with van der Waals surface area (Å²) in [5, 5.41) is 3.35. The van der Waals surface area contributed by atoms with Crippen LogP contribution in [0.25, 0.3) is 0 Å². The van der Waals surface area contributed by atoms with E-state index in [1.165, 1.54) is 29.2 Å². The number of hydrogen-bond acceptors (Lipinski definition) is 4. The predicted octanol–water partition coefficient (Wildman–Crippen LogP) is 7.22. The van der Waals surface area contributed by atoms with Crippen molar-refractivity contribution < 1.29 is 18.0 Å². The molecule has 0 saturated carbocycles. The molecule has 0 fully saturated rings. The molecule has 1 atom stereocenters. The highest BCUT2D eigenvalue weighted by atomic mass is 35.5. The van der Waals surface area contributed by atoms with Crippen molar-refractivity contribution >= 4 is 50.7 Å². The predicted molar refractivity (Wildman–Crippen MR) is 186 cm³/mol. The topological polar surface area (TPSA) is 86.8 Å². The number of sulfonamides is 1. The van der Waals surface area contributed by atoms with Gasteiger partial charge in [0, 0.05) is 24.5 Å². The van der Waals surface area contributed by atoms with Crippen LogP contribution in [0.15, 0.2) is 102 Å². The summed E-state index contributed by atoms with van der Waals surface area (Å²) in [4.78, 5) is 29.9. The molecule has 46 heavy (non-hydrogen) atoms. The van der Waals surface area contributed by atoms with Crippen LogP contribution < -0.4 is 9.62 Å². The summed E-state index contributed by atoms with van der Waals surface area (Å²) in [6.45, 7) is 7.67. The van der Waals surface area contributed by atoms with Gasteiger partial charge in [-0.05, 0) is 61.2 Å². The summed E-state index contributed by atoms with van der Waals surface area (Å²) < 4.78 is 29.4. The van der Waals surface area contributed by atoms with Crippen molar-refractivity contribution in [2.45, 2.75) is 51.6 Å². The van der Waals surface area contributed by atoms with Crippen molar-refractivity contribution in [2.24, 2.45) is 5.92 Å². The van der Waals surface area contributed by atoms with Crippen LogP contribution >= 0.6 is 23.2 Å². The molecule has 1 N–H and O–H groups in total. The Morgan fingerprint density at radius 3 is 2.02 bits per heavy atom. The van der Waals surface area contributed by atoms with Crippen molar-refractivity contribution in [1.29, 1.82) is 0 Å². The van der Waals surface area contributed by atoms with Crippen LogP contribution in [0.3, 0.4) is 0 Å². The molecule has 10 heteroatoms. The lowest BCUT2D eigenvalue weighted by Crippen LogP contribution is -2.53. The van der Waals surface area contributed by atoms with Gasteiger partial charge < -0.3 is 10.2 Å². The molecule has 7 nitrogen and oxygen atoms in total. The van der Waals surface area contributed by atoms with Gasteiger partial charge in [-0.2, -0.15) is 0 Å². The molecule has 0 saturated heterocycles. The number of benzene rings is 4. The quantitative estimate of drug-likeness (QED) is 0.162. The average Bonchev–Trinajstić information content (AvgIpc) is 3.03. The van der Waals surface area contributed by atoms with Crippen molar-refractivity contribution in [1.82, 2.24) is 10.2 Å². The van der Waals surface area contributed by atoms with Crippen molar-refractivity contribution in [3.8, 4) is 0 Å². The summed E-state index contributed by atoms with van der Waals surface area (Å²) in [5.74, 6) is -0.720. The van der Waals surface area contributed by atoms with Crippen molar-refractivity contribution in [2.75, 3.05) is 17.4 Å². The molecule has 0 bridgehead atoms. The minimum Gasteiger partial charge on any atom is -0.354 e. The Morgan fingerprint density at radius 1 is 0.804 bits per heavy atom. The van der Waals surface area contributed by atoms with E-state index in [1.54, 1.807) is 18.2 Å². The van der Waals surface area contributed by atoms with Gasteiger partial charge in [0.05, 0.1) is 15.6 Å². The molecule has 0 aliphatic rings. The van der Waals surface area contributed by atoms with E-state index in [-0.39, 0.29) is 45.4 Å². The molecule has 2 amide bonds. The molecule has 4 aromatic rings. The molecule has 0 radical (unpaired) electrons. The second kappa shape index (κ2) is 15.6. The average molecular weight is 681 g/mol. The Bertz CT molecular complexity index is 1750. The molecule has 0 aliphatic heterocycles. The molecule has 242 valence electrons. The van der Waals surface area contributed by atoms with E-state index >= 15 is 0 Å². The summed E-state index contributed by atoms with van der Waals surface area (Å²) in [5.41, 5.74) is 3.63. The van der Waals surface area contributed by atoms with Crippen molar-refractivity contribution in [3.63, 3.8) is 0 Å². The van der Waals surface area contributed by atoms with Crippen molar-refractivity contribution in [3.05, 3.63) is 129 Å². The number of aryl methyl sites for hydroxylation is 2. The number of nitrogens with one attached hydrogen (secondary N) is 1. The zero-order valence-electron chi connectivity index (χ0n) is 26.4. The van der Waals surface area contributed by atoms with Gasteiger partial charge in [0.25, 0.3) is 10.0 Å². The first-order valence-electron chi connectivity index (χ1n) is 15.1. The Morgan fingerprint density at radius 2 is 1.41 bits per heavy atom. The number of rotatable bonds is 13. The van der Waals surface area contributed by atoms with E-state index in [1.807, 2.05) is 82.3 Å². The normalized spacial score (nSPS) is 12.1. The van der Waals surface area contributed by atoms with Gasteiger partial charge in [-0.1, -0.05) is 115 Å². The summed E-state index contributed by atoms with van der Waals surface area (Å²) >= 11 is 12.9. The number of anilines is 1. The van der Waals surface area contributed by atoms with Crippen LogP contribution in [-0.2, 0) is 32.6 Å². The van der Waals surface area contributed by atoms with Gasteiger partial charge in [0.1, 0.15) is 12.6 Å². The summed E-state index contributed by atoms with van der Waals surface area (Å²) in [7, 11) is -4.30. The van der Waals surface area contributed by atoms with Gasteiger partial charge in [0.2, 0.25) is 11.8 Å². The molecule has 0 aromatic heterocycles. The van der Waals surface area contributed by atoms with E-state index in [4.69, 9.17) is 23.2 Å². The summed E-state index contributed by atoms with van der Waals surface area (Å²) in [6, 6.07) is 27.0. The minimum absolute atomic E-state index is 0.0115. The minimum atomic E-state index is -4.30. The van der Waals surface area contributed by atoms with Crippen LogP contribution in [0.1, 0.15) is 36.1 Å². The number of halogens is 2. The molecule has 4 aromatic carbocycles. The first kappa shape index (κ1) is 35.0. The Kier molecular flexibility index (Phi) is 11.9. The third kappa shape index (κ3) is 9.12. The number of hydrogen-bond donors (Lipinski definition) is 1. The van der Waals surface area contributed by atoms with Gasteiger partial charge in [0.15, 0.2) is 0 Å². The standard InChI is InChI=1S/C36H39Cl2N3O4S/c1-25(2)22-39-36(43)34(20-28-8-6-5-7-9-28)40(23-29-14-10-26(3)11-15-29)35(42)24-41(33-21-30(37)16-19-32(33)38)46(44,45)31-17-12-27(4)13-18-31/h5-19,21,25,34H,20,22-24H2,1-4H3,(H,39,43). The zero-order valence-corrected chi connectivity index (χ0v) is 28.7. The first-order chi connectivity index (χ1) is 21.8. The van der Waals surface area contributed by atoms with Crippen LogP contribution in [0.2, 0.25) is 10.0 Å².